The van der Waals surface area contributed by atoms with E-state index in [2.05, 4.69) is 36.0 Å². The van der Waals surface area contributed by atoms with Gasteiger partial charge in [0.15, 0.2) is 5.82 Å². The first kappa shape index (κ1) is 28.9. The molecule has 1 aliphatic heterocycles. The number of hydrazine groups is 1. The Labute approximate surface area is 210 Å². The van der Waals surface area contributed by atoms with Gasteiger partial charge < -0.3 is 11.1 Å². The van der Waals surface area contributed by atoms with Crippen LogP contribution in [0.15, 0.2) is 106 Å². The van der Waals surface area contributed by atoms with E-state index in [1.54, 1.807) is 37.4 Å². The first-order chi connectivity index (χ1) is 16.4. The Balaban J connectivity index is 0.000000489. The van der Waals surface area contributed by atoms with Gasteiger partial charge in [0.2, 0.25) is 0 Å². The van der Waals surface area contributed by atoms with Crippen molar-refractivity contribution in [3.05, 3.63) is 107 Å². The molecule has 0 amide bonds. The molecule has 3 rings (SSSR count). The molecule has 182 valence electrons. The van der Waals surface area contributed by atoms with Gasteiger partial charge in [-0.05, 0) is 50.6 Å². The molecule has 0 radical (unpaired) electrons. The van der Waals surface area contributed by atoms with Crippen molar-refractivity contribution in [2.75, 3.05) is 12.1 Å². The summed E-state index contributed by atoms with van der Waals surface area (Å²) in [7, 11) is 0.0431. The summed E-state index contributed by atoms with van der Waals surface area (Å²) in [6, 6.07) is 14.2. The second-order valence-corrected chi connectivity index (χ2v) is 8.65. The highest BCUT2D eigenvalue weighted by Gasteiger charge is 2.27. The van der Waals surface area contributed by atoms with Gasteiger partial charge in [-0.2, -0.15) is 0 Å². The van der Waals surface area contributed by atoms with Crippen LogP contribution in [0.4, 0.5) is 5.69 Å². The monoisotopic (exact) mass is 499 g/mol. The minimum atomic E-state index is -1.62. The number of aliphatic imine (C=N–C) groups is 1. The largest absolute Gasteiger partial charge is 0.388 e. The maximum Gasteiger partial charge on any atom is 0.160 e. The Hall–Kier alpha value is -3.13. The molecule has 0 aromatic heterocycles. The molecule has 0 spiro atoms. The van der Waals surface area contributed by atoms with E-state index in [9.17, 15) is 4.21 Å². The van der Waals surface area contributed by atoms with Gasteiger partial charge in [-0.25, -0.2) is 10.1 Å². The Morgan fingerprint density at radius 3 is 2.41 bits per heavy atom. The van der Waals surface area contributed by atoms with Crippen molar-refractivity contribution in [3.8, 4) is 0 Å². The van der Waals surface area contributed by atoms with Crippen LogP contribution >= 0.6 is 11.6 Å². The second kappa shape index (κ2) is 15.7. The van der Waals surface area contributed by atoms with E-state index in [0.717, 1.165) is 17.7 Å². The number of amidine groups is 1. The fraction of sp³-hybridized carbons (Fsp3) is 0.192. The van der Waals surface area contributed by atoms with Gasteiger partial charge in [0.25, 0.3) is 0 Å². The lowest BCUT2D eigenvalue weighted by Crippen LogP contribution is -2.47. The van der Waals surface area contributed by atoms with E-state index < -0.39 is 10.8 Å². The van der Waals surface area contributed by atoms with Crippen molar-refractivity contribution in [1.82, 2.24) is 5.32 Å². The lowest BCUT2D eigenvalue weighted by atomic mass is 10.1. The predicted molar refractivity (Wildman–Crippen MR) is 148 cm³/mol. The van der Waals surface area contributed by atoms with Crippen LogP contribution in [0.25, 0.3) is 0 Å². The van der Waals surface area contributed by atoms with Crippen molar-refractivity contribution < 1.29 is 4.21 Å². The van der Waals surface area contributed by atoms with Gasteiger partial charge in [0.05, 0.1) is 5.69 Å². The Bertz CT molecular complexity index is 1090. The van der Waals surface area contributed by atoms with Crippen LogP contribution in [0.5, 0.6) is 0 Å². The predicted octanol–water partition coefficient (Wildman–Crippen LogP) is 5.61. The fourth-order valence-electron chi connectivity index (χ4n) is 2.77. The highest BCUT2D eigenvalue weighted by atomic mass is 35.5. The SMILES string of the molecule is C/C=C\CC.C=C/C=C\C.CN=C1N/C(=C(/N)S(=O)c2cccc(Cl)c2)N(N)c2ccccc21. The lowest BCUT2D eigenvalue weighted by Gasteiger charge is -2.32. The molecular formula is C26H34ClN5OS. The summed E-state index contributed by atoms with van der Waals surface area (Å²) in [6.45, 7) is 9.58. The number of nitrogens with one attached hydrogen (secondary N) is 1. The summed E-state index contributed by atoms with van der Waals surface area (Å²) in [4.78, 5) is 4.71. The Morgan fingerprint density at radius 2 is 1.91 bits per heavy atom. The van der Waals surface area contributed by atoms with Crippen molar-refractivity contribution in [1.29, 1.82) is 0 Å². The van der Waals surface area contributed by atoms with Crippen LogP contribution in [0, 0.1) is 0 Å². The highest BCUT2D eigenvalue weighted by molar-refractivity contribution is 7.89. The molecule has 6 nitrogen and oxygen atoms in total. The van der Waals surface area contributed by atoms with Crippen molar-refractivity contribution in [3.63, 3.8) is 0 Å². The van der Waals surface area contributed by atoms with Gasteiger partial charge in [-0.15, -0.1) is 0 Å². The maximum absolute atomic E-state index is 12.8. The van der Waals surface area contributed by atoms with Crippen LogP contribution in [-0.4, -0.2) is 17.1 Å². The minimum Gasteiger partial charge on any atom is -0.388 e. The first-order valence-electron chi connectivity index (χ1n) is 10.8. The van der Waals surface area contributed by atoms with Gasteiger partial charge >= 0.3 is 0 Å². The molecule has 0 saturated carbocycles. The number of halogens is 1. The molecule has 34 heavy (non-hydrogen) atoms. The fourth-order valence-corrected chi connectivity index (χ4v) is 4.04. The van der Waals surface area contributed by atoms with Crippen LogP contribution in [0.3, 0.4) is 0 Å². The maximum atomic E-state index is 12.8. The molecular weight excluding hydrogens is 466 g/mol. The number of anilines is 1. The van der Waals surface area contributed by atoms with Crippen LogP contribution < -0.4 is 21.9 Å². The third-order valence-corrected chi connectivity index (χ3v) is 5.87. The third kappa shape index (κ3) is 8.33. The Morgan fingerprint density at radius 1 is 1.21 bits per heavy atom. The normalized spacial score (nSPS) is 16.1. The number of rotatable bonds is 4. The average Bonchev–Trinajstić information content (AvgIpc) is 2.85. The second-order valence-electron chi connectivity index (χ2n) is 6.76. The highest BCUT2D eigenvalue weighted by Crippen LogP contribution is 2.27. The van der Waals surface area contributed by atoms with Crippen molar-refractivity contribution in [2.24, 2.45) is 16.6 Å². The zero-order valence-corrected chi connectivity index (χ0v) is 21.7. The summed E-state index contributed by atoms with van der Waals surface area (Å²) in [5, 5.41) is 5.01. The van der Waals surface area contributed by atoms with E-state index in [1.165, 1.54) is 5.01 Å². The summed E-state index contributed by atoms with van der Waals surface area (Å²) < 4.78 is 12.8. The molecule has 5 N–H and O–H groups in total. The number of nitrogens with zero attached hydrogens (tertiary/aromatic N) is 2. The van der Waals surface area contributed by atoms with Crippen LogP contribution in [0.1, 0.15) is 32.8 Å². The number of allylic oxidation sites excluding steroid dienone is 5. The molecule has 1 unspecified atom stereocenters. The van der Waals surface area contributed by atoms with E-state index in [-0.39, 0.29) is 5.03 Å². The minimum absolute atomic E-state index is 0.0930. The van der Waals surface area contributed by atoms with Crippen LogP contribution in [0.2, 0.25) is 5.02 Å². The lowest BCUT2D eigenvalue weighted by molar-refractivity contribution is 0.685. The van der Waals surface area contributed by atoms with Crippen molar-refractivity contribution in [2.45, 2.75) is 32.1 Å². The smallest absolute Gasteiger partial charge is 0.160 e. The van der Waals surface area contributed by atoms with Crippen LogP contribution in [-0.2, 0) is 10.8 Å². The number of nitrogens with two attached hydrogens (primary N) is 2. The number of hydrogen-bond donors (Lipinski definition) is 3. The third-order valence-electron chi connectivity index (χ3n) is 4.36. The molecule has 0 fully saturated rings. The number of hydrogen-bond acceptors (Lipinski definition) is 5. The molecule has 1 heterocycles. The first-order valence-corrected chi connectivity index (χ1v) is 12.3. The molecule has 2 aromatic carbocycles. The average molecular weight is 500 g/mol. The summed E-state index contributed by atoms with van der Waals surface area (Å²) in [6.07, 6.45) is 10.9. The topological polar surface area (TPSA) is 96.7 Å². The number of fused-ring (bicyclic) bond motifs is 1. The summed E-state index contributed by atoms with van der Waals surface area (Å²) in [5.74, 6) is 7.10. The molecule has 0 saturated heterocycles. The van der Waals surface area contributed by atoms with Crippen molar-refractivity contribution >= 4 is 33.9 Å². The Kier molecular flexibility index (Phi) is 13.3. The van der Waals surface area contributed by atoms with Gasteiger partial charge in [-0.3, -0.25) is 10.0 Å². The van der Waals surface area contributed by atoms with Gasteiger partial charge in [0, 0.05) is 22.5 Å². The standard InChI is InChI=1S/C16H16ClN5OS.C5H10.C5H8/c1-20-15-12-7-2-3-8-13(12)22(19)16(21-15)14(18)24(23)11-6-4-5-10(17)9-11;2*1-3-5-4-2/h2-9H,18-19H2,1H3,(H,20,21);3,5H,4H2,1-2H3;3-5H,1H2,2H3/b16-14+;5-3-;5-4-. The molecule has 0 aliphatic carbocycles. The van der Waals surface area contributed by atoms with Gasteiger partial charge in [0.1, 0.15) is 21.7 Å². The molecule has 1 atom stereocenters. The molecule has 1 aliphatic rings. The van der Waals surface area contributed by atoms with E-state index in [0.29, 0.717) is 21.6 Å². The molecule has 2 aromatic rings. The van der Waals surface area contributed by atoms with E-state index in [1.807, 2.05) is 50.3 Å². The quantitative estimate of drug-likeness (QED) is 0.288. The number of benzene rings is 2. The summed E-state index contributed by atoms with van der Waals surface area (Å²) in [5.41, 5.74) is 7.70. The van der Waals surface area contributed by atoms with E-state index >= 15 is 0 Å². The molecule has 0 bridgehead atoms. The van der Waals surface area contributed by atoms with E-state index in [4.69, 9.17) is 23.2 Å². The molecule has 8 heteroatoms. The van der Waals surface area contributed by atoms with Gasteiger partial charge in [-0.1, -0.05) is 73.7 Å². The zero-order valence-electron chi connectivity index (χ0n) is 20.2. The summed E-state index contributed by atoms with van der Waals surface area (Å²) >= 11 is 5.96. The number of para-hydroxylation sites is 1. The zero-order chi connectivity index (χ0) is 25.5.